The molecule has 3 aromatic carbocycles. The van der Waals surface area contributed by atoms with E-state index >= 15 is 0 Å². The highest BCUT2D eigenvalue weighted by atomic mass is 16.1. The minimum absolute atomic E-state index is 0.0158. The number of allylic oxidation sites excluding steroid dienone is 2. The van der Waals surface area contributed by atoms with Gasteiger partial charge < -0.3 is 4.57 Å². The standard InChI is InChI=1S/C30H30N4O2/c1-5-22-10-8-13-25(17-22)29(36)33-30-32-26-14-6-7-15-28(26)34(30)19-23-11-9-12-24(18-23)27(31-4)16-20(2)21(3)35/h6-18H,5,19H2,1-4H3,(H,32,33,36)/b20-16-,31-27?. The van der Waals surface area contributed by atoms with Gasteiger partial charge in [-0.25, -0.2) is 4.98 Å². The fourth-order valence-electron chi connectivity index (χ4n) is 4.03. The largest absolute Gasteiger partial charge is 0.305 e. The summed E-state index contributed by atoms with van der Waals surface area (Å²) in [5.74, 6) is 0.313. The Hall–Kier alpha value is -4.32. The van der Waals surface area contributed by atoms with Gasteiger partial charge in [-0.3, -0.25) is 19.9 Å². The maximum Gasteiger partial charge on any atom is 0.257 e. The lowest BCUT2D eigenvalue weighted by Gasteiger charge is -2.12. The number of amides is 1. The average molecular weight is 479 g/mol. The topological polar surface area (TPSA) is 76.3 Å². The van der Waals surface area contributed by atoms with E-state index in [-0.39, 0.29) is 11.7 Å². The predicted molar refractivity (Wildman–Crippen MR) is 146 cm³/mol. The number of para-hydroxylation sites is 2. The van der Waals surface area contributed by atoms with E-state index in [2.05, 4.69) is 23.3 Å². The Morgan fingerprint density at radius 1 is 0.944 bits per heavy atom. The second-order valence-corrected chi connectivity index (χ2v) is 8.71. The molecule has 4 rings (SSSR count). The smallest absolute Gasteiger partial charge is 0.257 e. The van der Waals surface area contributed by atoms with Crippen LogP contribution in [0.2, 0.25) is 0 Å². The first-order valence-corrected chi connectivity index (χ1v) is 12.0. The molecule has 1 N–H and O–H groups in total. The van der Waals surface area contributed by atoms with Crippen LogP contribution in [0.15, 0.2) is 89.4 Å². The summed E-state index contributed by atoms with van der Waals surface area (Å²) in [6.45, 7) is 5.91. The van der Waals surface area contributed by atoms with Crippen molar-refractivity contribution in [2.24, 2.45) is 4.99 Å². The molecule has 6 nitrogen and oxygen atoms in total. The molecule has 182 valence electrons. The van der Waals surface area contributed by atoms with Gasteiger partial charge in [-0.05, 0) is 78.9 Å². The van der Waals surface area contributed by atoms with E-state index < -0.39 is 0 Å². The van der Waals surface area contributed by atoms with Gasteiger partial charge in [0.25, 0.3) is 5.91 Å². The van der Waals surface area contributed by atoms with Crippen molar-refractivity contribution in [3.63, 3.8) is 0 Å². The van der Waals surface area contributed by atoms with E-state index in [9.17, 15) is 9.59 Å². The number of nitrogens with zero attached hydrogens (tertiary/aromatic N) is 3. The molecule has 1 heterocycles. The molecule has 1 amide bonds. The van der Waals surface area contributed by atoms with Crippen molar-refractivity contribution in [1.29, 1.82) is 0 Å². The maximum absolute atomic E-state index is 13.1. The number of hydrogen-bond acceptors (Lipinski definition) is 4. The van der Waals surface area contributed by atoms with E-state index in [0.29, 0.717) is 23.6 Å². The Labute approximate surface area is 211 Å². The Bertz CT molecular complexity index is 1490. The molecule has 0 bridgehead atoms. The number of anilines is 1. The molecule has 6 heteroatoms. The summed E-state index contributed by atoms with van der Waals surface area (Å²) >= 11 is 0. The van der Waals surface area contributed by atoms with Crippen LogP contribution >= 0.6 is 0 Å². The molecule has 0 aliphatic heterocycles. The molecular formula is C30H30N4O2. The third-order valence-corrected chi connectivity index (χ3v) is 6.19. The van der Waals surface area contributed by atoms with Crippen molar-refractivity contribution < 1.29 is 9.59 Å². The van der Waals surface area contributed by atoms with Crippen LogP contribution in [-0.2, 0) is 17.8 Å². The molecular weight excluding hydrogens is 448 g/mol. The summed E-state index contributed by atoms with van der Waals surface area (Å²) in [6.07, 6.45) is 2.67. The number of nitrogens with one attached hydrogen (secondary N) is 1. The third kappa shape index (κ3) is 5.49. The van der Waals surface area contributed by atoms with Crippen molar-refractivity contribution in [3.05, 3.63) is 107 Å². The van der Waals surface area contributed by atoms with Crippen LogP contribution in [0.25, 0.3) is 11.0 Å². The molecule has 4 aromatic rings. The number of imidazole rings is 1. The van der Waals surface area contributed by atoms with Gasteiger partial charge in [0, 0.05) is 12.6 Å². The Morgan fingerprint density at radius 2 is 1.64 bits per heavy atom. The quantitative estimate of drug-likeness (QED) is 0.255. The van der Waals surface area contributed by atoms with Crippen LogP contribution < -0.4 is 5.32 Å². The Balaban J connectivity index is 1.68. The lowest BCUT2D eigenvalue weighted by atomic mass is 10.0. The molecule has 0 aliphatic carbocycles. The minimum Gasteiger partial charge on any atom is -0.305 e. The van der Waals surface area contributed by atoms with E-state index in [0.717, 1.165) is 39.9 Å². The molecule has 0 aliphatic rings. The number of aromatic nitrogens is 2. The number of ketones is 1. The van der Waals surface area contributed by atoms with Crippen molar-refractivity contribution in [2.45, 2.75) is 33.7 Å². The predicted octanol–water partition coefficient (Wildman–Crippen LogP) is 5.85. The number of aliphatic imine (C=N–C) groups is 1. The molecule has 0 saturated carbocycles. The van der Waals surface area contributed by atoms with E-state index in [1.54, 1.807) is 20.9 Å². The molecule has 36 heavy (non-hydrogen) atoms. The Morgan fingerprint density at radius 3 is 2.36 bits per heavy atom. The van der Waals surface area contributed by atoms with E-state index in [1.165, 1.54) is 0 Å². The molecule has 1 aromatic heterocycles. The first kappa shape index (κ1) is 24.8. The number of rotatable bonds is 8. The molecule has 0 saturated heterocycles. The fourth-order valence-corrected chi connectivity index (χ4v) is 4.03. The number of Topliss-reactive ketones (excluding diaryl/α,β-unsaturated/α-hetero) is 1. The van der Waals surface area contributed by atoms with Crippen LogP contribution in [0.3, 0.4) is 0 Å². The van der Waals surface area contributed by atoms with Crippen LogP contribution in [0, 0.1) is 0 Å². The van der Waals surface area contributed by atoms with Crippen molar-refractivity contribution in [2.75, 3.05) is 12.4 Å². The highest BCUT2D eigenvalue weighted by Gasteiger charge is 2.15. The van der Waals surface area contributed by atoms with Gasteiger partial charge in [0.1, 0.15) is 0 Å². The average Bonchev–Trinajstić information content (AvgIpc) is 3.23. The van der Waals surface area contributed by atoms with Crippen molar-refractivity contribution in [3.8, 4) is 0 Å². The second kappa shape index (κ2) is 11.0. The van der Waals surface area contributed by atoms with Gasteiger partial charge >= 0.3 is 0 Å². The number of hydrogen-bond donors (Lipinski definition) is 1. The summed E-state index contributed by atoms with van der Waals surface area (Å²) in [5, 5.41) is 3.02. The molecule has 0 unspecified atom stereocenters. The summed E-state index contributed by atoms with van der Waals surface area (Å²) in [6, 6.07) is 23.5. The number of fused-ring (bicyclic) bond motifs is 1. The summed E-state index contributed by atoms with van der Waals surface area (Å²) < 4.78 is 2.01. The fraction of sp³-hybridized carbons (Fsp3) is 0.200. The van der Waals surface area contributed by atoms with Gasteiger partial charge in [-0.15, -0.1) is 0 Å². The zero-order valence-corrected chi connectivity index (χ0v) is 21.1. The van der Waals surface area contributed by atoms with Gasteiger partial charge in [-0.2, -0.15) is 0 Å². The first-order chi connectivity index (χ1) is 17.4. The zero-order valence-electron chi connectivity index (χ0n) is 21.1. The van der Waals surface area contributed by atoms with E-state index in [1.807, 2.05) is 77.4 Å². The van der Waals surface area contributed by atoms with Gasteiger partial charge in [0.05, 0.1) is 23.3 Å². The van der Waals surface area contributed by atoms with Gasteiger partial charge in [0.15, 0.2) is 5.78 Å². The highest BCUT2D eigenvalue weighted by molar-refractivity contribution is 6.12. The third-order valence-electron chi connectivity index (χ3n) is 6.19. The number of aryl methyl sites for hydroxylation is 1. The van der Waals surface area contributed by atoms with Gasteiger partial charge in [0.2, 0.25) is 5.95 Å². The minimum atomic E-state index is -0.194. The highest BCUT2D eigenvalue weighted by Crippen LogP contribution is 2.23. The normalized spacial score (nSPS) is 12.1. The van der Waals surface area contributed by atoms with Crippen LogP contribution in [0.4, 0.5) is 5.95 Å². The summed E-state index contributed by atoms with van der Waals surface area (Å²) in [7, 11) is 1.72. The molecule has 0 radical (unpaired) electrons. The molecule has 0 atom stereocenters. The first-order valence-electron chi connectivity index (χ1n) is 12.0. The summed E-state index contributed by atoms with van der Waals surface area (Å²) in [5.41, 5.74) is 6.78. The van der Waals surface area contributed by atoms with Crippen molar-refractivity contribution in [1.82, 2.24) is 9.55 Å². The number of benzene rings is 3. The maximum atomic E-state index is 13.1. The van der Waals surface area contributed by atoms with E-state index in [4.69, 9.17) is 4.98 Å². The second-order valence-electron chi connectivity index (χ2n) is 8.71. The Kier molecular flexibility index (Phi) is 7.54. The lowest BCUT2D eigenvalue weighted by molar-refractivity contribution is -0.113. The lowest BCUT2D eigenvalue weighted by Crippen LogP contribution is -2.16. The SMILES string of the molecule is CCc1cccc(C(=O)Nc2nc3ccccc3n2Cc2cccc(C(/C=C(/C)C(C)=O)=NC)c2)c1. The van der Waals surface area contributed by atoms with Crippen LogP contribution in [0.5, 0.6) is 0 Å². The number of carbonyl (C=O) groups is 2. The van der Waals surface area contributed by atoms with Crippen molar-refractivity contribution >= 4 is 34.4 Å². The van der Waals surface area contributed by atoms with Gasteiger partial charge in [-0.1, -0.05) is 49.4 Å². The van der Waals surface area contributed by atoms with Crippen LogP contribution in [0.1, 0.15) is 47.8 Å². The molecule has 0 fully saturated rings. The zero-order chi connectivity index (χ0) is 25.7. The summed E-state index contributed by atoms with van der Waals surface area (Å²) in [4.78, 5) is 33.9. The number of carbonyl (C=O) groups excluding carboxylic acids is 2. The molecule has 0 spiro atoms. The monoisotopic (exact) mass is 478 g/mol. The van der Waals surface area contributed by atoms with Crippen LogP contribution in [-0.4, -0.2) is 34.0 Å².